The Morgan fingerprint density at radius 2 is 1.32 bits per heavy atom. The maximum atomic E-state index is 11.6. The molecule has 0 aliphatic heterocycles. The van der Waals surface area contributed by atoms with E-state index in [1.54, 1.807) is 0 Å². The predicted molar refractivity (Wildman–Crippen MR) is 118 cm³/mol. The van der Waals surface area contributed by atoms with E-state index in [0.29, 0.717) is 25.8 Å². The summed E-state index contributed by atoms with van der Waals surface area (Å²) >= 11 is 0. The standard InChI is InChI=1S/C22H43NO4S/c1-2-3-4-5-6-7-8-9-10-11-12-13-14-15-16-19-22(24)23-20-17-18-21-28(25,26)27/h9-10H,2-8,11-21H2,1H3,(H,23,24)(H,25,26,27)/b10-9-. The molecule has 0 aromatic heterocycles. The molecule has 0 saturated heterocycles. The van der Waals surface area contributed by atoms with Gasteiger partial charge in [0.2, 0.25) is 5.91 Å². The largest absolute Gasteiger partial charge is 0.356 e. The number of amides is 1. The van der Waals surface area contributed by atoms with Gasteiger partial charge in [-0.15, -0.1) is 0 Å². The average molecular weight is 418 g/mol. The summed E-state index contributed by atoms with van der Waals surface area (Å²) in [6.07, 6.45) is 22.3. The number of unbranched alkanes of at least 4 members (excludes halogenated alkanes) is 12. The maximum Gasteiger partial charge on any atom is 0.264 e. The number of nitrogens with one attached hydrogen (secondary N) is 1. The van der Waals surface area contributed by atoms with E-state index in [-0.39, 0.29) is 11.7 Å². The number of carbonyl (C=O) groups is 1. The summed E-state index contributed by atoms with van der Waals surface area (Å²) in [6, 6.07) is 0. The summed E-state index contributed by atoms with van der Waals surface area (Å²) in [6.45, 7) is 2.72. The normalized spacial score (nSPS) is 11.9. The van der Waals surface area contributed by atoms with Crippen molar-refractivity contribution in [3.05, 3.63) is 12.2 Å². The molecule has 0 rings (SSSR count). The zero-order chi connectivity index (χ0) is 20.9. The molecule has 0 saturated carbocycles. The fraction of sp³-hybridized carbons (Fsp3) is 0.864. The van der Waals surface area contributed by atoms with Gasteiger partial charge in [-0.25, -0.2) is 0 Å². The molecule has 28 heavy (non-hydrogen) atoms. The number of allylic oxidation sites excluding steroid dienone is 2. The summed E-state index contributed by atoms with van der Waals surface area (Å²) in [4.78, 5) is 11.6. The Labute approximate surface area is 173 Å². The van der Waals surface area contributed by atoms with Crippen molar-refractivity contribution >= 4 is 16.0 Å². The third-order valence-electron chi connectivity index (χ3n) is 4.82. The van der Waals surface area contributed by atoms with Crippen molar-refractivity contribution in [2.75, 3.05) is 12.3 Å². The lowest BCUT2D eigenvalue weighted by molar-refractivity contribution is -0.121. The topological polar surface area (TPSA) is 83.5 Å². The summed E-state index contributed by atoms with van der Waals surface area (Å²) in [5, 5.41) is 2.79. The first-order chi connectivity index (χ1) is 13.5. The smallest absolute Gasteiger partial charge is 0.264 e. The van der Waals surface area contributed by atoms with Crippen molar-refractivity contribution in [3.8, 4) is 0 Å². The van der Waals surface area contributed by atoms with Crippen molar-refractivity contribution in [1.82, 2.24) is 5.32 Å². The van der Waals surface area contributed by atoms with E-state index in [4.69, 9.17) is 4.55 Å². The fourth-order valence-corrected chi connectivity index (χ4v) is 3.65. The number of hydrogen-bond acceptors (Lipinski definition) is 3. The molecule has 0 aliphatic carbocycles. The highest BCUT2D eigenvalue weighted by Crippen LogP contribution is 2.10. The number of rotatable bonds is 20. The van der Waals surface area contributed by atoms with E-state index < -0.39 is 10.1 Å². The first kappa shape index (κ1) is 27.1. The van der Waals surface area contributed by atoms with Gasteiger partial charge in [-0.1, -0.05) is 70.4 Å². The van der Waals surface area contributed by atoms with Crippen LogP contribution in [0.15, 0.2) is 12.2 Å². The summed E-state index contributed by atoms with van der Waals surface area (Å²) in [7, 11) is -3.88. The van der Waals surface area contributed by atoms with Crippen LogP contribution in [0.3, 0.4) is 0 Å². The zero-order valence-corrected chi connectivity index (χ0v) is 18.8. The first-order valence-corrected chi connectivity index (χ1v) is 12.9. The maximum absolute atomic E-state index is 11.6. The molecular formula is C22H43NO4S. The highest BCUT2D eigenvalue weighted by molar-refractivity contribution is 7.85. The van der Waals surface area contributed by atoms with Gasteiger partial charge in [0.1, 0.15) is 0 Å². The monoisotopic (exact) mass is 417 g/mol. The summed E-state index contributed by atoms with van der Waals surface area (Å²) in [5.41, 5.74) is 0. The van der Waals surface area contributed by atoms with E-state index in [1.807, 2.05) is 0 Å². The quantitative estimate of drug-likeness (QED) is 0.149. The Bertz CT molecular complexity index is 489. The average Bonchev–Trinajstić information content (AvgIpc) is 2.63. The fourth-order valence-electron chi connectivity index (χ4n) is 3.08. The van der Waals surface area contributed by atoms with E-state index >= 15 is 0 Å². The molecule has 0 heterocycles. The van der Waals surface area contributed by atoms with Crippen LogP contribution in [0.1, 0.15) is 110 Å². The lowest BCUT2D eigenvalue weighted by Gasteiger charge is -2.05. The first-order valence-electron chi connectivity index (χ1n) is 11.3. The molecule has 0 radical (unpaired) electrons. The van der Waals surface area contributed by atoms with Crippen LogP contribution < -0.4 is 5.32 Å². The van der Waals surface area contributed by atoms with Crippen LogP contribution in [0.4, 0.5) is 0 Å². The molecule has 166 valence electrons. The Morgan fingerprint density at radius 3 is 1.89 bits per heavy atom. The molecule has 2 N–H and O–H groups in total. The van der Waals surface area contributed by atoms with Gasteiger partial charge in [0.25, 0.3) is 10.1 Å². The second-order valence-electron chi connectivity index (χ2n) is 7.68. The second kappa shape index (κ2) is 19.4. The van der Waals surface area contributed by atoms with Crippen LogP contribution in [0.2, 0.25) is 0 Å². The second-order valence-corrected chi connectivity index (χ2v) is 9.25. The molecule has 6 heteroatoms. The molecule has 0 aliphatic rings. The molecule has 0 atom stereocenters. The lowest BCUT2D eigenvalue weighted by atomic mass is 10.1. The van der Waals surface area contributed by atoms with Gasteiger partial charge < -0.3 is 5.32 Å². The minimum atomic E-state index is -3.88. The van der Waals surface area contributed by atoms with Crippen molar-refractivity contribution in [3.63, 3.8) is 0 Å². The van der Waals surface area contributed by atoms with Crippen LogP contribution in [-0.2, 0) is 14.9 Å². The molecule has 0 spiro atoms. The molecule has 0 bridgehead atoms. The van der Waals surface area contributed by atoms with Gasteiger partial charge in [-0.2, -0.15) is 8.42 Å². The Kier molecular flexibility index (Phi) is 18.8. The van der Waals surface area contributed by atoms with Crippen LogP contribution in [-0.4, -0.2) is 31.2 Å². The van der Waals surface area contributed by atoms with E-state index in [2.05, 4.69) is 24.4 Å². The van der Waals surface area contributed by atoms with Crippen molar-refractivity contribution in [2.45, 2.75) is 110 Å². The van der Waals surface area contributed by atoms with Crippen LogP contribution in [0.25, 0.3) is 0 Å². The van der Waals surface area contributed by atoms with Gasteiger partial charge >= 0.3 is 0 Å². The molecule has 5 nitrogen and oxygen atoms in total. The van der Waals surface area contributed by atoms with Crippen LogP contribution in [0, 0.1) is 0 Å². The Hall–Kier alpha value is -0.880. The van der Waals surface area contributed by atoms with Gasteiger partial charge in [-0.3, -0.25) is 9.35 Å². The molecule has 1 amide bonds. The van der Waals surface area contributed by atoms with E-state index in [9.17, 15) is 13.2 Å². The minimum absolute atomic E-state index is 0.0319. The SMILES string of the molecule is CCCCCCCC/C=C\CCCCCCCC(=O)NCCCCS(=O)(=O)O. The van der Waals surface area contributed by atoms with Crippen molar-refractivity contribution in [1.29, 1.82) is 0 Å². The number of hydrogen-bond donors (Lipinski definition) is 2. The molecule has 0 unspecified atom stereocenters. The summed E-state index contributed by atoms with van der Waals surface area (Å²) in [5.74, 6) is -0.207. The Morgan fingerprint density at radius 1 is 0.786 bits per heavy atom. The summed E-state index contributed by atoms with van der Waals surface area (Å²) < 4.78 is 29.7. The lowest BCUT2D eigenvalue weighted by Crippen LogP contribution is -2.24. The highest BCUT2D eigenvalue weighted by atomic mass is 32.2. The van der Waals surface area contributed by atoms with Gasteiger partial charge in [0.15, 0.2) is 0 Å². The third-order valence-corrected chi connectivity index (χ3v) is 5.62. The molecule has 0 aromatic carbocycles. The van der Waals surface area contributed by atoms with Crippen LogP contribution in [0.5, 0.6) is 0 Å². The van der Waals surface area contributed by atoms with E-state index in [1.165, 1.54) is 70.6 Å². The highest BCUT2D eigenvalue weighted by Gasteiger charge is 2.04. The zero-order valence-electron chi connectivity index (χ0n) is 18.0. The van der Waals surface area contributed by atoms with Crippen LogP contribution >= 0.6 is 0 Å². The van der Waals surface area contributed by atoms with Gasteiger partial charge in [-0.05, 0) is 44.9 Å². The third kappa shape index (κ3) is 23.2. The predicted octanol–water partition coefficient (Wildman–Crippen LogP) is 5.81. The molecule has 0 aromatic rings. The minimum Gasteiger partial charge on any atom is -0.356 e. The van der Waals surface area contributed by atoms with Gasteiger partial charge in [0, 0.05) is 13.0 Å². The molecule has 0 fully saturated rings. The Balaban J connectivity index is 3.27. The number of carbonyl (C=O) groups excluding carboxylic acids is 1. The molecular weight excluding hydrogens is 374 g/mol. The van der Waals surface area contributed by atoms with Crippen molar-refractivity contribution in [2.24, 2.45) is 0 Å². The van der Waals surface area contributed by atoms with E-state index in [0.717, 1.165) is 12.8 Å². The van der Waals surface area contributed by atoms with Crippen molar-refractivity contribution < 1.29 is 17.8 Å². The van der Waals surface area contributed by atoms with Gasteiger partial charge in [0.05, 0.1) is 5.75 Å².